The molecule has 5 aromatic rings. The molecule has 0 radical (unpaired) electrons. The van der Waals surface area contributed by atoms with Gasteiger partial charge in [-0.15, -0.1) is 0 Å². The molecule has 2 heterocycles. The predicted octanol–water partition coefficient (Wildman–Crippen LogP) is 4.56. The summed E-state index contributed by atoms with van der Waals surface area (Å²) in [5, 5.41) is 16.7. The third kappa shape index (κ3) is 3.31. The summed E-state index contributed by atoms with van der Waals surface area (Å²) in [6, 6.07) is 24.6. The van der Waals surface area contributed by atoms with Crippen LogP contribution in [0.25, 0.3) is 32.8 Å². The molecule has 5 rings (SSSR count). The Morgan fingerprint density at radius 1 is 0.867 bits per heavy atom. The number of aromatic nitrogens is 3. The van der Waals surface area contributed by atoms with Crippen molar-refractivity contribution in [2.75, 3.05) is 0 Å². The van der Waals surface area contributed by atoms with Crippen LogP contribution in [0.4, 0.5) is 0 Å². The molecule has 0 saturated heterocycles. The molecule has 0 spiro atoms. The van der Waals surface area contributed by atoms with Crippen LogP contribution in [0.2, 0.25) is 0 Å². The largest absolute Gasteiger partial charge is 0.508 e. The second-order valence-corrected chi connectivity index (χ2v) is 7.24. The van der Waals surface area contributed by atoms with E-state index in [0.717, 1.165) is 33.1 Å². The monoisotopic (exact) mass is 393 g/mol. The van der Waals surface area contributed by atoms with Crippen LogP contribution in [0, 0.1) is 0 Å². The number of hydrogen-bond donors (Lipinski definition) is 1. The number of benzene rings is 3. The number of aryl methyl sites for hydroxylation is 2. The average molecular weight is 393 g/mol. The summed E-state index contributed by atoms with van der Waals surface area (Å²) in [7, 11) is 0. The quantitative estimate of drug-likeness (QED) is 0.486. The third-order valence-corrected chi connectivity index (χ3v) is 5.27. The van der Waals surface area contributed by atoms with Crippen molar-refractivity contribution in [2.45, 2.75) is 13.0 Å². The molecule has 5 heteroatoms. The zero-order valence-corrected chi connectivity index (χ0v) is 16.2. The Morgan fingerprint density at radius 2 is 1.70 bits per heavy atom. The molecule has 1 N–H and O–H groups in total. The van der Waals surface area contributed by atoms with Crippen LogP contribution in [-0.2, 0) is 13.0 Å². The van der Waals surface area contributed by atoms with E-state index < -0.39 is 0 Å². The fraction of sp³-hybridized carbons (Fsp3) is 0.0800. The Kier molecular flexibility index (Phi) is 4.48. The first-order chi connectivity index (χ1) is 14.7. The molecule has 0 fully saturated rings. The van der Waals surface area contributed by atoms with E-state index in [9.17, 15) is 9.90 Å². The summed E-state index contributed by atoms with van der Waals surface area (Å²) in [4.78, 5) is 17.9. The van der Waals surface area contributed by atoms with Crippen molar-refractivity contribution in [3.8, 4) is 16.9 Å². The molecular weight excluding hydrogens is 374 g/mol. The zero-order valence-electron chi connectivity index (χ0n) is 16.2. The minimum absolute atomic E-state index is 0.146. The lowest BCUT2D eigenvalue weighted by Gasteiger charge is -2.10. The summed E-state index contributed by atoms with van der Waals surface area (Å²) in [5.74, 6) is 0.168. The van der Waals surface area contributed by atoms with E-state index in [0.29, 0.717) is 18.4 Å². The highest BCUT2D eigenvalue weighted by molar-refractivity contribution is 5.95. The van der Waals surface area contributed by atoms with E-state index in [1.54, 1.807) is 24.4 Å². The molecule has 5 nitrogen and oxygen atoms in total. The van der Waals surface area contributed by atoms with Gasteiger partial charge in [0.2, 0.25) is 0 Å². The minimum atomic E-state index is -0.146. The number of pyridine rings is 1. The number of nitrogens with zero attached hydrogens (tertiary/aromatic N) is 3. The first-order valence-electron chi connectivity index (χ1n) is 9.82. The highest BCUT2D eigenvalue weighted by Gasteiger charge is 2.11. The molecule has 0 aliphatic rings. The topological polar surface area (TPSA) is 68.0 Å². The number of para-hydroxylation sites is 1. The average Bonchev–Trinajstić information content (AvgIpc) is 2.78. The number of fused-ring (bicyclic) bond motifs is 2. The van der Waals surface area contributed by atoms with Crippen LogP contribution in [-0.4, -0.2) is 19.9 Å². The van der Waals surface area contributed by atoms with E-state index in [2.05, 4.69) is 10.1 Å². The number of phenolic OH excluding ortho intramolecular Hbond substituents is 1. The van der Waals surface area contributed by atoms with Gasteiger partial charge in [0.15, 0.2) is 0 Å². The maximum atomic E-state index is 13.3. The fourth-order valence-corrected chi connectivity index (χ4v) is 3.77. The normalized spacial score (nSPS) is 11.2. The Balaban J connectivity index is 1.52. The summed E-state index contributed by atoms with van der Waals surface area (Å²) in [6.07, 6.45) is 2.33. The SMILES string of the molecule is O=c1c2c(-c3cccc(O)c3)cccc2cnn1CCc1ccc2ccccc2n1. The molecule has 0 bridgehead atoms. The van der Waals surface area contributed by atoms with Crippen LogP contribution in [0.5, 0.6) is 5.75 Å². The lowest BCUT2D eigenvalue weighted by Crippen LogP contribution is -2.24. The van der Waals surface area contributed by atoms with Gasteiger partial charge in [-0.1, -0.05) is 54.6 Å². The maximum Gasteiger partial charge on any atom is 0.275 e. The van der Waals surface area contributed by atoms with Gasteiger partial charge in [0, 0.05) is 22.9 Å². The number of aromatic hydroxyl groups is 1. The number of phenols is 1. The molecule has 2 aromatic heterocycles. The lowest BCUT2D eigenvalue weighted by molar-refractivity contribution is 0.475. The molecule has 0 atom stereocenters. The van der Waals surface area contributed by atoms with Crippen LogP contribution < -0.4 is 5.56 Å². The lowest BCUT2D eigenvalue weighted by atomic mass is 10.00. The Morgan fingerprint density at radius 3 is 2.60 bits per heavy atom. The second-order valence-electron chi connectivity index (χ2n) is 7.24. The van der Waals surface area contributed by atoms with Crippen molar-refractivity contribution in [1.82, 2.24) is 14.8 Å². The van der Waals surface area contributed by atoms with Gasteiger partial charge in [-0.2, -0.15) is 5.10 Å². The van der Waals surface area contributed by atoms with Gasteiger partial charge in [0.05, 0.1) is 23.6 Å². The first kappa shape index (κ1) is 18.1. The Labute approximate surface area is 172 Å². The van der Waals surface area contributed by atoms with Gasteiger partial charge in [-0.05, 0) is 35.4 Å². The minimum Gasteiger partial charge on any atom is -0.508 e. The van der Waals surface area contributed by atoms with Crippen molar-refractivity contribution in [3.63, 3.8) is 0 Å². The molecule has 0 amide bonds. The Bertz CT molecular complexity index is 1440. The number of rotatable bonds is 4. The van der Waals surface area contributed by atoms with Crippen LogP contribution in [0.15, 0.2) is 89.9 Å². The van der Waals surface area contributed by atoms with E-state index >= 15 is 0 Å². The van der Waals surface area contributed by atoms with Crippen molar-refractivity contribution in [1.29, 1.82) is 0 Å². The van der Waals surface area contributed by atoms with Crippen molar-refractivity contribution < 1.29 is 5.11 Å². The Hall–Kier alpha value is -3.99. The molecule has 0 aliphatic carbocycles. The predicted molar refractivity (Wildman–Crippen MR) is 119 cm³/mol. The summed E-state index contributed by atoms with van der Waals surface area (Å²) < 4.78 is 1.49. The van der Waals surface area contributed by atoms with E-state index in [1.807, 2.05) is 60.7 Å². The highest BCUT2D eigenvalue weighted by Crippen LogP contribution is 2.28. The first-order valence-corrected chi connectivity index (χ1v) is 9.82. The van der Waals surface area contributed by atoms with Gasteiger partial charge in [-0.3, -0.25) is 9.78 Å². The van der Waals surface area contributed by atoms with Crippen LogP contribution in [0.3, 0.4) is 0 Å². The molecule has 146 valence electrons. The van der Waals surface area contributed by atoms with Crippen molar-refractivity contribution >= 4 is 21.7 Å². The molecule has 30 heavy (non-hydrogen) atoms. The van der Waals surface area contributed by atoms with Gasteiger partial charge in [0.25, 0.3) is 5.56 Å². The summed E-state index contributed by atoms with van der Waals surface area (Å²) in [5.41, 5.74) is 3.30. The standard InChI is InChI=1S/C25H19N3O2/c29-21-8-3-6-18(15-21)22-9-4-7-19-16-26-28(25(30)24(19)22)14-13-20-12-11-17-5-1-2-10-23(17)27-20/h1-12,15-16,29H,13-14H2. The maximum absolute atomic E-state index is 13.3. The molecule has 0 aliphatic heterocycles. The molecule has 3 aromatic carbocycles. The van der Waals surface area contributed by atoms with Gasteiger partial charge in [-0.25, -0.2) is 4.68 Å². The summed E-state index contributed by atoms with van der Waals surface area (Å²) >= 11 is 0. The highest BCUT2D eigenvalue weighted by atomic mass is 16.3. The third-order valence-electron chi connectivity index (χ3n) is 5.27. The fourth-order valence-electron chi connectivity index (χ4n) is 3.77. The number of hydrogen-bond acceptors (Lipinski definition) is 4. The van der Waals surface area contributed by atoms with E-state index in [1.165, 1.54) is 4.68 Å². The summed E-state index contributed by atoms with van der Waals surface area (Å²) in [6.45, 7) is 0.439. The van der Waals surface area contributed by atoms with Gasteiger partial charge in [0.1, 0.15) is 5.75 Å². The van der Waals surface area contributed by atoms with Crippen molar-refractivity contribution in [2.24, 2.45) is 0 Å². The zero-order chi connectivity index (χ0) is 20.5. The van der Waals surface area contributed by atoms with Crippen LogP contribution in [0.1, 0.15) is 5.69 Å². The molecule has 0 saturated carbocycles. The molecular formula is C25H19N3O2. The van der Waals surface area contributed by atoms with Crippen molar-refractivity contribution in [3.05, 3.63) is 101 Å². The molecule has 0 unspecified atom stereocenters. The van der Waals surface area contributed by atoms with E-state index in [-0.39, 0.29) is 11.3 Å². The second kappa shape index (κ2) is 7.44. The smallest absolute Gasteiger partial charge is 0.275 e. The van der Waals surface area contributed by atoms with Crippen LogP contribution >= 0.6 is 0 Å². The van der Waals surface area contributed by atoms with Gasteiger partial charge < -0.3 is 5.11 Å². The van der Waals surface area contributed by atoms with Gasteiger partial charge >= 0.3 is 0 Å². The van der Waals surface area contributed by atoms with E-state index in [4.69, 9.17) is 0 Å².